The van der Waals surface area contributed by atoms with Crippen molar-refractivity contribution in [3.05, 3.63) is 58.7 Å². The molecule has 0 bridgehead atoms. The summed E-state index contributed by atoms with van der Waals surface area (Å²) in [5.41, 5.74) is -0.985. The Bertz CT molecular complexity index is 1670. The van der Waals surface area contributed by atoms with E-state index in [-0.39, 0.29) is 11.3 Å². The van der Waals surface area contributed by atoms with E-state index < -0.39 is 103 Å². The van der Waals surface area contributed by atoms with E-state index in [0.29, 0.717) is 22.4 Å². The van der Waals surface area contributed by atoms with Gasteiger partial charge in [0.2, 0.25) is 5.91 Å². The second kappa shape index (κ2) is 16.0. The second-order valence-corrected chi connectivity index (χ2v) is 15.2. The van der Waals surface area contributed by atoms with Crippen LogP contribution in [-0.4, -0.2) is 110 Å². The van der Waals surface area contributed by atoms with E-state index in [1.165, 1.54) is 12.1 Å². The number of carboxylic acids is 1. The number of ether oxygens (including phenoxy) is 4. The van der Waals surface area contributed by atoms with Crippen LogP contribution < -0.4 is 16.0 Å². The molecule has 2 aliphatic rings. The summed E-state index contributed by atoms with van der Waals surface area (Å²) >= 11 is 0. The normalized spacial score (nSPS) is 26.6. The maximum atomic E-state index is 13.1. The summed E-state index contributed by atoms with van der Waals surface area (Å²) in [6, 6.07) is 8.18. The number of hydrogen-bond acceptors (Lipinski definition) is 12. The number of aliphatic hydroxyl groups is 3. The van der Waals surface area contributed by atoms with Crippen LogP contribution in [0.2, 0.25) is 0 Å². The number of aliphatic hydroxyl groups excluding tert-OH is 3. The highest BCUT2D eigenvalue weighted by Crippen LogP contribution is 2.45. The molecule has 0 radical (unpaired) electrons. The Hall–Kier alpha value is -4.32. The summed E-state index contributed by atoms with van der Waals surface area (Å²) in [4.78, 5) is 50.6. The number of phenols is 1. The fourth-order valence-corrected chi connectivity index (χ4v) is 6.65. The van der Waals surface area contributed by atoms with Crippen molar-refractivity contribution >= 4 is 29.6 Å². The predicted octanol–water partition coefficient (Wildman–Crippen LogP) is 2.57. The molecule has 0 spiro atoms. The van der Waals surface area contributed by atoms with Gasteiger partial charge in [0.1, 0.15) is 29.7 Å². The van der Waals surface area contributed by atoms with Crippen LogP contribution in [0, 0.1) is 13.8 Å². The van der Waals surface area contributed by atoms with Gasteiger partial charge in [-0.15, -0.1) is 0 Å². The molecule has 2 heterocycles. The molecule has 1 unspecified atom stereocenters. The topological polar surface area (TPSA) is 242 Å². The van der Waals surface area contributed by atoms with Crippen LogP contribution in [0.25, 0.3) is 0 Å². The number of rotatable bonds is 11. The predicted molar refractivity (Wildman–Crippen MR) is 189 cm³/mol. The Morgan fingerprint density at radius 2 is 1.66 bits per heavy atom. The average Bonchev–Trinajstić information content (AvgIpc) is 3.34. The lowest BCUT2D eigenvalue weighted by molar-refractivity contribution is -0.236. The van der Waals surface area contributed by atoms with Gasteiger partial charge in [0, 0.05) is 37.6 Å². The van der Waals surface area contributed by atoms with Crippen molar-refractivity contribution < 1.29 is 63.7 Å². The average molecular weight is 746 g/mol. The molecular weight excluding hydrogens is 694 g/mol. The summed E-state index contributed by atoms with van der Waals surface area (Å²) in [5.74, 6) is -3.93. The molecule has 8 N–H and O–H groups in total. The smallest absolute Gasteiger partial charge is 0.412 e. The zero-order valence-electron chi connectivity index (χ0n) is 31.1. The molecule has 4 rings (SSSR count). The molecule has 53 heavy (non-hydrogen) atoms. The number of aryl methyl sites for hydroxylation is 2. The molecule has 2 saturated heterocycles. The molecule has 0 aliphatic carbocycles. The van der Waals surface area contributed by atoms with E-state index in [1.807, 2.05) is 0 Å². The third-order valence-corrected chi connectivity index (χ3v) is 8.96. The Morgan fingerprint density at radius 1 is 1.02 bits per heavy atom. The molecule has 8 atom stereocenters. The number of amides is 3. The van der Waals surface area contributed by atoms with E-state index in [1.54, 1.807) is 72.7 Å². The van der Waals surface area contributed by atoms with Gasteiger partial charge in [-0.3, -0.25) is 14.9 Å². The third-order valence-electron chi connectivity index (χ3n) is 8.96. The minimum Gasteiger partial charge on any atom is -0.507 e. The van der Waals surface area contributed by atoms with Gasteiger partial charge < -0.3 is 55.1 Å². The Kier molecular flexibility index (Phi) is 12.5. The number of benzene rings is 2. The number of carbonyl (C=O) groups is 4. The maximum absolute atomic E-state index is 13.1. The van der Waals surface area contributed by atoms with Gasteiger partial charge in [-0.2, -0.15) is 0 Å². The van der Waals surface area contributed by atoms with E-state index in [9.17, 15) is 44.7 Å². The lowest BCUT2D eigenvalue weighted by Crippen LogP contribution is -2.68. The zero-order chi connectivity index (χ0) is 39.6. The van der Waals surface area contributed by atoms with Gasteiger partial charge in [-0.25, -0.2) is 9.59 Å². The van der Waals surface area contributed by atoms with Gasteiger partial charge in [0.25, 0.3) is 5.91 Å². The van der Waals surface area contributed by atoms with E-state index >= 15 is 0 Å². The minimum atomic E-state index is -2.23. The van der Waals surface area contributed by atoms with Gasteiger partial charge in [0.15, 0.2) is 11.4 Å². The van der Waals surface area contributed by atoms with Crippen molar-refractivity contribution in [2.75, 3.05) is 11.9 Å². The zero-order valence-corrected chi connectivity index (χ0v) is 31.1. The summed E-state index contributed by atoms with van der Waals surface area (Å²) in [6.07, 6.45) is -10.5. The fourth-order valence-electron chi connectivity index (χ4n) is 6.65. The standard InChI is InChI=1S/C37H51N3O13/c1-18-12-22(13-19(2)28(18)44)32(46)38-17-25(43)29(45)31-27(39-20(3)41)24(42)15-37(52-31,33(47)48)16-26-30(51-36(7,8)50-26)21-10-9-11-23(14-21)40-34(49)53-35(4,5)6/h9-14,24-27,29-31,42-45H,15-17H2,1-8H3,(H,38,46)(H,39,41)(H,40,49)(H,47,48)/t24-,25+,26?,27+,29+,30-,31+,37-/m0/s1. The molecular formula is C37H51N3O13. The lowest BCUT2D eigenvalue weighted by Gasteiger charge is -2.48. The fraction of sp³-hybridized carbons (Fsp3) is 0.568. The van der Waals surface area contributed by atoms with Crippen molar-refractivity contribution in [1.82, 2.24) is 10.6 Å². The lowest BCUT2D eigenvalue weighted by atomic mass is 9.79. The van der Waals surface area contributed by atoms with Crippen molar-refractivity contribution in [2.45, 2.75) is 128 Å². The molecule has 2 aromatic rings. The van der Waals surface area contributed by atoms with Crippen molar-refractivity contribution in [2.24, 2.45) is 0 Å². The summed E-state index contributed by atoms with van der Waals surface area (Å²) in [5, 5.41) is 62.2. The van der Waals surface area contributed by atoms with Crippen LogP contribution in [0.15, 0.2) is 36.4 Å². The number of carbonyl (C=O) groups excluding carboxylic acids is 3. The first-order chi connectivity index (χ1) is 24.5. The minimum absolute atomic E-state index is 0.0316. The van der Waals surface area contributed by atoms with Gasteiger partial charge in [0.05, 0.1) is 24.4 Å². The summed E-state index contributed by atoms with van der Waals surface area (Å²) < 4.78 is 23.9. The Labute approximate surface area is 307 Å². The number of phenolic OH excluding ortho intramolecular Hbond substituents is 1. The van der Waals surface area contributed by atoms with Crippen LogP contribution in [0.3, 0.4) is 0 Å². The number of aromatic hydroxyl groups is 1. The Morgan fingerprint density at radius 3 is 2.25 bits per heavy atom. The number of nitrogens with one attached hydrogen (secondary N) is 3. The van der Waals surface area contributed by atoms with Gasteiger partial charge >= 0.3 is 12.1 Å². The molecule has 3 amide bonds. The van der Waals surface area contributed by atoms with Crippen molar-refractivity contribution in [1.29, 1.82) is 0 Å². The van der Waals surface area contributed by atoms with E-state index in [2.05, 4.69) is 16.0 Å². The first kappa shape index (κ1) is 41.4. The monoisotopic (exact) mass is 745 g/mol. The quantitative estimate of drug-likeness (QED) is 0.165. The van der Waals surface area contributed by atoms with Crippen LogP contribution >= 0.6 is 0 Å². The van der Waals surface area contributed by atoms with E-state index in [0.717, 1.165) is 6.92 Å². The highest BCUT2D eigenvalue weighted by Gasteiger charge is 2.57. The van der Waals surface area contributed by atoms with Crippen LogP contribution in [0.1, 0.15) is 87.5 Å². The Balaban J connectivity index is 1.59. The molecule has 0 saturated carbocycles. The highest BCUT2D eigenvalue weighted by atomic mass is 16.8. The highest BCUT2D eigenvalue weighted by molar-refractivity contribution is 5.95. The number of hydrogen-bond donors (Lipinski definition) is 8. The van der Waals surface area contributed by atoms with Crippen LogP contribution in [-0.2, 0) is 28.5 Å². The molecule has 2 aromatic carbocycles. The molecule has 2 fully saturated rings. The molecule has 292 valence electrons. The van der Waals surface area contributed by atoms with Crippen LogP contribution in [0.5, 0.6) is 5.75 Å². The van der Waals surface area contributed by atoms with Crippen LogP contribution in [0.4, 0.5) is 10.5 Å². The van der Waals surface area contributed by atoms with Crippen molar-refractivity contribution in [3.63, 3.8) is 0 Å². The van der Waals surface area contributed by atoms with Gasteiger partial charge in [-0.1, -0.05) is 12.1 Å². The molecule has 16 nitrogen and oxygen atoms in total. The number of carboxylic acid groups (broad SMARTS) is 1. The summed E-state index contributed by atoms with van der Waals surface area (Å²) in [7, 11) is 0. The third kappa shape index (κ3) is 10.2. The second-order valence-electron chi connectivity index (χ2n) is 15.2. The first-order valence-corrected chi connectivity index (χ1v) is 17.3. The van der Waals surface area contributed by atoms with Crippen molar-refractivity contribution in [3.8, 4) is 5.75 Å². The number of aliphatic carboxylic acids is 1. The van der Waals surface area contributed by atoms with Gasteiger partial charge in [-0.05, 0) is 89.4 Å². The molecule has 2 aliphatic heterocycles. The first-order valence-electron chi connectivity index (χ1n) is 17.3. The van der Waals surface area contributed by atoms with E-state index in [4.69, 9.17) is 18.9 Å². The summed E-state index contributed by atoms with van der Waals surface area (Å²) in [6.45, 7) is 12.3. The SMILES string of the molecule is CC(=O)N[C@H]1[C@H]([C@H](O)[C@H](O)CNC(=O)c2cc(C)c(O)c(C)c2)O[C@@](CC2OC(C)(C)O[C@H]2c2cccc(NC(=O)OC(C)(C)C)c2)(C(=O)O)C[C@@H]1O. The molecule has 0 aromatic heterocycles. The molecule has 16 heteroatoms. The largest absolute Gasteiger partial charge is 0.507 e. The maximum Gasteiger partial charge on any atom is 0.412 e. The number of anilines is 1.